The van der Waals surface area contributed by atoms with Crippen molar-refractivity contribution in [1.82, 2.24) is 0 Å². The van der Waals surface area contributed by atoms with Crippen molar-refractivity contribution in [2.75, 3.05) is 0 Å². The molecule has 1 radical (unpaired) electrons. The highest BCUT2D eigenvalue weighted by Gasteiger charge is 2.37. The van der Waals surface area contributed by atoms with Gasteiger partial charge in [-0.15, -0.1) is 0 Å². The molecule has 1 aliphatic rings. The van der Waals surface area contributed by atoms with Gasteiger partial charge in [-0.1, -0.05) is 64.3 Å². The van der Waals surface area contributed by atoms with E-state index in [1.54, 1.807) is 0 Å². The fourth-order valence-electron chi connectivity index (χ4n) is 4.21. The Balaban J connectivity index is 1.73. The van der Waals surface area contributed by atoms with E-state index >= 15 is 0 Å². The van der Waals surface area contributed by atoms with E-state index in [1.165, 1.54) is 40.4 Å². The average molecular weight is 343 g/mol. The van der Waals surface area contributed by atoms with E-state index in [9.17, 15) is 0 Å². The van der Waals surface area contributed by atoms with Crippen molar-refractivity contribution < 1.29 is 4.42 Å². The summed E-state index contributed by atoms with van der Waals surface area (Å²) < 4.78 is 6.20. The van der Waals surface area contributed by atoms with Gasteiger partial charge in [-0.25, -0.2) is 0 Å². The third-order valence-electron chi connectivity index (χ3n) is 6.21. The minimum absolute atomic E-state index is 0.214. The Morgan fingerprint density at radius 2 is 1.50 bits per heavy atom. The van der Waals surface area contributed by atoms with E-state index in [0.29, 0.717) is 0 Å². The number of hydrogen-bond donors (Lipinski definition) is 0. The summed E-state index contributed by atoms with van der Waals surface area (Å²) in [5.74, 6) is 0. The van der Waals surface area contributed by atoms with Crippen molar-refractivity contribution in [3.05, 3.63) is 59.2 Å². The number of aryl methyl sites for hydroxylation is 1. The lowest BCUT2D eigenvalue weighted by atomic mass is 9.63. The van der Waals surface area contributed by atoms with Crippen LogP contribution in [-0.4, -0.2) is 7.28 Å². The summed E-state index contributed by atoms with van der Waals surface area (Å²) >= 11 is 0. The highest BCUT2D eigenvalue weighted by molar-refractivity contribution is 6.66. The van der Waals surface area contributed by atoms with Crippen LogP contribution in [-0.2, 0) is 17.3 Å². The Labute approximate surface area is 158 Å². The molecule has 0 amide bonds. The minimum atomic E-state index is 0.214. The molecule has 0 bridgehead atoms. The molecule has 3 aromatic rings. The summed E-state index contributed by atoms with van der Waals surface area (Å²) in [6.45, 7) is 11.6. The largest absolute Gasteiger partial charge is 0.472 e. The van der Waals surface area contributed by atoms with Gasteiger partial charge >= 0.3 is 0 Å². The second-order valence-corrected chi connectivity index (χ2v) is 9.09. The molecule has 0 unspecified atom stereocenters. The molecule has 0 aliphatic heterocycles. The van der Waals surface area contributed by atoms with Crippen molar-refractivity contribution in [1.29, 1.82) is 0 Å². The fraction of sp³-hybridized carbons (Fsp3) is 0.417. The summed E-state index contributed by atoms with van der Waals surface area (Å²) in [5, 5.41) is 1.21. The van der Waals surface area contributed by atoms with Crippen LogP contribution in [0.2, 0.25) is 0 Å². The molecule has 0 saturated heterocycles. The molecule has 133 valence electrons. The van der Waals surface area contributed by atoms with Gasteiger partial charge in [0.2, 0.25) is 7.28 Å². The predicted molar refractivity (Wildman–Crippen MR) is 112 cm³/mol. The van der Waals surface area contributed by atoms with Crippen LogP contribution in [0.25, 0.3) is 11.0 Å². The Morgan fingerprint density at radius 1 is 0.885 bits per heavy atom. The fourth-order valence-corrected chi connectivity index (χ4v) is 4.21. The summed E-state index contributed by atoms with van der Waals surface area (Å²) in [6.07, 6.45) is 3.53. The zero-order valence-corrected chi connectivity index (χ0v) is 16.6. The van der Waals surface area contributed by atoms with E-state index < -0.39 is 0 Å². The maximum atomic E-state index is 6.20. The molecule has 0 saturated carbocycles. The molecule has 1 aliphatic carbocycles. The summed E-state index contributed by atoms with van der Waals surface area (Å²) in [4.78, 5) is 0. The molecule has 1 aromatic heterocycles. The SMILES string of the molecule is CCc1ccc([B]c2cc3cc4c(cc3o2)C(C)(C)CCC4(C)C)cc1. The molecular formula is C24H28BO. The zero-order chi connectivity index (χ0) is 18.5. The van der Waals surface area contributed by atoms with Gasteiger partial charge in [0.15, 0.2) is 0 Å². The lowest BCUT2D eigenvalue weighted by Crippen LogP contribution is -2.33. The van der Waals surface area contributed by atoms with Crippen LogP contribution in [0.4, 0.5) is 0 Å². The first-order chi connectivity index (χ1) is 12.3. The topological polar surface area (TPSA) is 13.1 Å². The predicted octanol–water partition coefficient (Wildman–Crippen LogP) is 5.00. The molecule has 0 spiro atoms. The maximum Gasteiger partial charge on any atom is 0.240 e. The van der Waals surface area contributed by atoms with Gasteiger partial charge in [0.1, 0.15) is 5.58 Å². The molecular weight excluding hydrogens is 315 g/mol. The minimum Gasteiger partial charge on any atom is -0.472 e. The standard InChI is InChI=1S/C24H28BO/c1-6-16-7-9-18(10-8-16)25-22-14-17-13-19-20(15-21(17)26-22)24(4,5)12-11-23(19,2)3/h7-10,13-15H,6,11-12H2,1-5H3. The number of rotatable bonds is 3. The van der Waals surface area contributed by atoms with E-state index in [2.05, 4.69) is 84.4 Å². The number of fused-ring (bicyclic) bond motifs is 2. The molecule has 0 fully saturated rings. The van der Waals surface area contributed by atoms with Crippen molar-refractivity contribution >= 4 is 29.4 Å². The van der Waals surface area contributed by atoms with Gasteiger partial charge in [-0.2, -0.15) is 0 Å². The summed E-state index contributed by atoms with van der Waals surface area (Å²) in [5.41, 5.74) is 7.88. The monoisotopic (exact) mass is 343 g/mol. The van der Waals surface area contributed by atoms with Crippen LogP contribution < -0.4 is 11.1 Å². The van der Waals surface area contributed by atoms with Crippen LogP contribution in [0.15, 0.2) is 46.9 Å². The Morgan fingerprint density at radius 3 is 2.12 bits per heavy atom. The molecule has 2 heteroatoms. The average Bonchev–Trinajstić information content (AvgIpc) is 3.00. The molecule has 0 N–H and O–H groups in total. The first kappa shape index (κ1) is 17.5. The number of benzene rings is 2. The Hall–Kier alpha value is -1.96. The Kier molecular flexibility index (Phi) is 4.06. The number of hydrogen-bond acceptors (Lipinski definition) is 1. The molecule has 1 heterocycles. The first-order valence-corrected chi connectivity index (χ1v) is 9.81. The molecule has 1 nitrogen and oxygen atoms in total. The summed E-state index contributed by atoms with van der Waals surface area (Å²) in [7, 11) is 2.13. The number of furan rings is 1. The second kappa shape index (κ2) is 6.04. The van der Waals surface area contributed by atoms with Gasteiger partial charge in [0.25, 0.3) is 0 Å². The molecule has 2 aromatic carbocycles. The zero-order valence-electron chi connectivity index (χ0n) is 16.6. The smallest absolute Gasteiger partial charge is 0.240 e. The van der Waals surface area contributed by atoms with Crippen LogP contribution in [0.1, 0.15) is 64.2 Å². The third kappa shape index (κ3) is 3.00. The second-order valence-electron chi connectivity index (χ2n) is 9.09. The van der Waals surface area contributed by atoms with Crippen LogP contribution in [0.3, 0.4) is 0 Å². The third-order valence-corrected chi connectivity index (χ3v) is 6.21. The van der Waals surface area contributed by atoms with E-state index in [0.717, 1.165) is 17.7 Å². The normalized spacial score (nSPS) is 17.9. The first-order valence-electron chi connectivity index (χ1n) is 9.81. The van der Waals surface area contributed by atoms with E-state index in [1.807, 2.05) is 0 Å². The van der Waals surface area contributed by atoms with Crippen molar-refractivity contribution in [2.24, 2.45) is 0 Å². The lowest BCUT2D eigenvalue weighted by Gasteiger charge is -2.41. The summed E-state index contributed by atoms with van der Waals surface area (Å²) in [6, 6.07) is 15.6. The van der Waals surface area contributed by atoms with Gasteiger partial charge in [0, 0.05) is 5.39 Å². The van der Waals surface area contributed by atoms with Crippen LogP contribution in [0.5, 0.6) is 0 Å². The molecule has 0 atom stereocenters. The van der Waals surface area contributed by atoms with Gasteiger partial charge in [-0.05, 0) is 65.0 Å². The van der Waals surface area contributed by atoms with Crippen molar-refractivity contribution in [3.63, 3.8) is 0 Å². The molecule has 26 heavy (non-hydrogen) atoms. The van der Waals surface area contributed by atoms with Crippen molar-refractivity contribution in [2.45, 2.75) is 64.7 Å². The van der Waals surface area contributed by atoms with Crippen LogP contribution >= 0.6 is 0 Å². The Bertz CT molecular complexity index is 891. The van der Waals surface area contributed by atoms with Gasteiger partial charge in [0.05, 0.1) is 5.66 Å². The maximum absolute atomic E-state index is 6.20. The van der Waals surface area contributed by atoms with Crippen molar-refractivity contribution in [3.8, 4) is 0 Å². The highest BCUT2D eigenvalue weighted by Crippen LogP contribution is 2.46. The lowest BCUT2D eigenvalue weighted by molar-refractivity contribution is 0.332. The van der Waals surface area contributed by atoms with E-state index in [-0.39, 0.29) is 10.8 Å². The van der Waals surface area contributed by atoms with Gasteiger partial charge < -0.3 is 4.42 Å². The quantitative estimate of drug-likeness (QED) is 0.610. The van der Waals surface area contributed by atoms with E-state index in [4.69, 9.17) is 4.42 Å². The molecule has 4 rings (SSSR count). The highest BCUT2D eigenvalue weighted by atomic mass is 16.3. The van der Waals surface area contributed by atoms with Crippen LogP contribution in [0, 0.1) is 0 Å². The van der Waals surface area contributed by atoms with Gasteiger partial charge in [-0.3, -0.25) is 0 Å².